The van der Waals surface area contributed by atoms with E-state index in [9.17, 15) is 4.79 Å². The second-order valence-corrected chi connectivity index (χ2v) is 5.49. The molecule has 0 aliphatic carbocycles. The van der Waals surface area contributed by atoms with Gasteiger partial charge in [0.2, 0.25) is 0 Å². The van der Waals surface area contributed by atoms with Crippen molar-refractivity contribution >= 4 is 11.6 Å². The Hall–Kier alpha value is -2.30. The molecule has 2 rings (SSSR count). The van der Waals surface area contributed by atoms with Gasteiger partial charge >= 0.3 is 0 Å². The second kappa shape index (κ2) is 5.99. The smallest absolute Gasteiger partial charge is 0.257 e. The van der Waals surface area contributed by atoms with Crippen molar-refractivity contribution in [1.29, 1.82) is 0 Å². The molecule has 0 fully saturated rings. The van der Waals surface area contributed by atoms with Gasteiger partial charge in [-0.1, -0.05) is 18.2 Å². The average molecular weight is 286 g/mol. The molecule has 5 nitrogen and oxygen atoms in total. The summed E-state index contributed by atoms with van der Waals surface area (Å²) in [5.74, 6) is -0.0150. The summed E-state index contributed by atoms with van der Waals surface area (Å²) < 4.78 is 1.71. The van der Waals surface area contributed by atoms with E-state index in [1.807, 2.05) is 57.0 Å². The lowest BCUT2D eigenvalue weighted by Gasteiger charge is -2.27. The minimum atomic E-state index is -0.0150. The van der Waals surface area contributed by atoms with Gasteiger partial charge in [0.25, 0.3) is 5.91 Å². The summed E-state index contributed by atoms with van der Waals surface area (Å²) in [5, 5.41) is 4.15. The Bertz CT molecular complexity index is 645. The van der Waals surface area contributed by atoms with E-state index in [4.69, 9.17) is 5.73 Å². The predicted octanol–water partition coefficient (Wildman–Crippen LogP) is 2.36. The number of amides is 1. The molecule has 2 N–H and O–H groups in total. The van der Waals surface area contributed by atoms with Gasteiger partial charge in [0.15, 0.2) is 0 Å². The summed E-state index contributed by atoms with van der Waals surface area (Å²) in [6.07, 6.45) is 1.63. The van der Waals surface area contributed by atoms with Crippen LogP contribution in [0.1, 0.15) is 35.5 Å². The van der Waals surface area contributed by atoms with E-state index < -0.39 is 0 Å². The van der Waals surface area contributed by atoms with Crippen molar-refractivity contribution in [2.45, 2.75) is 33.4 Å². The van der Waals surface area contributed by atoms with Crippen LogP contribution in [0.2, 0.25) is 0 Å². The first-order valence-corrected chi connectivity index (χ1v) is 7.04. The third-order valence-corrected chi connectivity index (χ3v) is 3.75. The number of para-hydroxylation sites is 1. The molecule has 0 aliphatic heterocycles. The van der Waals surface area contributed by atoms with Crippen molar-refractivity contribution < 1.29 is 4.79 Å². The first kappa shape index (κ1) is 15.1. The van der Waals surface area contributed by atoms with Gasteiger partial charge in [-0.15, -0.1) is 0 Å². The SMILES string of the molecule is Cc1c(C(=O)N(Cc2ccccc2N)C(C)C)cnn1C. The molecule has 0 unspecified atom stereocenters. The van der Waals surface area contributed by atoms with Crippen LogP contribution in [0.3, 0.4) is 0 Å². The third kappa shape index (κ3) is 3.07. The molecule has 0 atom stereocenters. The van der Waals surface area contributed by atoms with Crippen molar-refractivity contribution in [3.8, 4) is 0 Å². The van der Waals surface area contributed by atoms with Crippen LogP contribution in [0, 0.1) is 6.92 Å². The Balaban J connectivity index is 2.30. The van der Waals surface area contributed by atoms with Crippen molar-refractivity contribution in [2.24, 2.45) is 7.05 Å². The lowest BCUT2D eigenvalue weighted by atomic mass is 10.1. The maximum absolute atomic E-state index is 12.8. The Labute approximate surface area is 125 Å². The zero-order valence-electron chi connectivity index (χ0n) is 13.0. The fourth-order valence-electron chi connectivity index (χ4n) is 2.21. The fraction of sp³-hybridized carbons (Fsp3) is 0.375. The average Bonchev–Trinajstić information content (AvgIpc) is 2.77. The largest absolute Gasteiger partial charge is 0.398 e. The highest BCUT2D eigenvalue weighted by Crippen LogP contribution is 2.18. The molecule has 0 spiro atoms. The van der Waals surface area contributed by atoms with Crippen molar-refractivity contribution in [2.75, 3.05) is 5.73 Å². The van der Waals surface area contributed by atoms with Crippen LogP contribution in [-0.4, -0.2) is 26.6 Å². The molecule has 1 heterocycles. The highest BCUT2D eigenvalue weighted by Gasteiger charge is 2.23. The predicted molar refractivity (Wildman–Crippen MR) is 83.8 cm³/mol. The van der Waals surface area contributed by atoms with E-state index in [1.165, 1.54) is 0 Å². The molecular formula is C16H22N4O. The van der Waals surface area contributed by atoms with Gasteiger partial charge < -0.3 is 10.6 Å². The van der Waals surface area contributed by atoms with E-state index in [0.29, 0.717) is 17.8 Å². The summed E-state index contributed by atoms with van der Waals surface area (Å²) in [7, 11) is 1.83. The van der Waals surface area contributed by atoms with Crippen LogP contribution in [0.5, 0.6) is 0 Å². The number of benzene rings is 1. The number of hydrogen-bond acceptors (Lipinski definition) is 3. The van der Waals surface area contributed by atoms with Crippen LogP contribution in [-0.2, 0) is 13.6 Å². The zero-order valence-corrected chi connectivity index (χ0v) is 13.0. The molecule has 1 amide bonds. The van der Waals surface area contributed by atoms with Gasteiger partial charge in [0.05, 0.1) is 11.8 Å². The maximum Gasteiger partial charge on any atom is 0.257 e. The number of aromatic nitrogens is 2. The Morgan fingerprint density at radius 2 is 2.05 bits per heavy atom. The fourth-order valence-corrected chi connectivity index (χ4v) is 2.21. The summed E-state index contributed by atoms with van der Waals surface area (Å²) in [5.41, 5.74) is 9.16. The van der Waals surface area contributed by atoms with E-state index >= 15 is 0 Å². The Morgan fingerprint density at radius 3 is 2.57 bits per heavy atom. The van der Waals surface area contributed by atoms with Gasteiger partial charge in [-0.3, -0.25) is 9.48 Å². The summed E-state index contributed by atoms with van der Waals surface area (Å²) >= 11 is 0. The van der Waals surface area contributed by atoms with Gasteiger partial charge in [-0.25, -0.2) is 0 Å². The standard InChI is InChI=1S/C16H22N4O/c1-11(2)20(10-13-7-5-6-8-15(13)17)16(21)14-9-18-19(4)12(14)3/h5-9,11H,10,17H2,1-4H3. The lowest BCUT2D eigenvalue weighted by Crippen LogP contribution is -2.36. The highest BCUT2D eigenvalue weighted by atomic mass is 16.2. The summed E-state index contributed by atoms with van der Waals surface area (Å²) in [6.45, 7) is 6.40. The van der Waals surface area contributed by atoms with Crippen LogP contribution in [0.25, 0.3) is 0 Å². The number of nitrogens with zero attached hydrogens (tertiary/aromatic N) is 3. The van der Waals surface area contributed by atoms with E-state index in [0.717, 1.165) is 11.3 Å². The topological polar surface area (TPSA) is 64.2 Å². The normalized spacial score (nSPS) is 10.9. The molecule has 21 heavy (non-hydrogen) atoms. The van der Waals surface area contributed by atoms with Gasteiger partial charge in [-0.2, -0.15) is 5.10 Å². The first-order valence-electron chi connectivity index (χ1n) is 7.04. The minimum Gasteiger partial charge on any atom is -0.398 e. The lowest BCUT2D eigenvalue weighted by molar-refractivity contribution is 0.0690. The summed E-state index contributed by atoms with van der Waals surface area (Å²) in [6, 6.07) is 7.72. The van der Waals surface area contributed by atoms with Gasteiger partial charge in [-0.05, 0) is 32.4 Å². The number of carbonyl (C=O) groups is 1. The molecule has 2 aromatic rings. The van der Waals surface area contributed by atoms with Crippen LogP contribution >= 0.6 is 0 Å². The third-order valence-electron chi connectivity index (χ3n) is 3.75. The number of nitrogens with two attached hydrogens (primary N) is 1. The van der Waals surface area contributed by atoms with Crippen molar-refractivity contribution in [1.82, 2.24) is 14.7 Å². The molecule has 0 aliphatic rings. The van der Waals surface area contributed by atoms with Crippen molar-refractivity contribution in [3.63, 3.8) is 0 Å². The highest BCUT2D eigenvalue weighted by molar-refractivity contribution is 5.95. The quantitative estimate of drug-likeness (QED) is 0.878. The molecule has 1 aromatic heterocycles. The molecule has 112 valence electrons. The van der Waals surface area contributed by atoms with Crippen molar-refractivity contribution in [3.05, 3.63) is 47.3 Å². The molecular weight excluding hydrogens is 264 g/mol. The molecule has 1 aromatic carbocycles. The minimum absolute atomic E-state index is 0.0150. The van der Waals surface area contributed by atoms with Crippen LogP contribution < -0.4 is 5.73 Å². The molecule has 0 radical (unpaired) electrons. The zero-order chi connectivity index (χ0) is 15.6. The molecule has 5 heteroatoms. The molecule has 0 saturated heterocycles. The Morgan fingerprint density at radius 1 is 1.38 bits per heavy atom. The summed E-state index contributed by atoms with van der Waals surface area (Å²) in [4.78, 5) is 14.6. The number of rotatable bonds is 4. The van der Waals surface area contributed by atoms with E-state index in [1.54, 1.807) is 10.9 Å². The van der Waals surface area contributed by atoms with E-state index in [2.05, 4.69) is 5.10 Å². The number of anilines is 1. The first-order chi connectivity index (χ1) is 9.91. The number of carbonyl (C=O) groups excluding carboxylic acids is 1. The van der Waals surface area contributed by atoms with Crippen LogP contribution in [0.4, 0.5) is 5.69 Å². The number of hydrogen-bond donors (Lipinski definition) is 1. The number of aryl methyl sites for hydroxylation is 1. The molecule has 0 bridgehead atoms. The molecule has 0 saturated carbocycles. The maximum atomic E-state index is 12.8. The monoisotopic (exact) mass is 286 g/mol. The van der Waals surface area contributed by atoms with Crippen LogP contribution in [0.15, 0.2) is 30.5 Å². The van der Waals surface area contributed by atoms with Gasteiger partial charge in [0, 0.05) is 31.0 Å². The Kier molecular flexibility index (Phi) is 4.31. The number of nitrogen functional groups attached to an aromatic ring is 1. The second-order valence-electron chi connectivity index (χ2n) is 5.49. The van der Waals surface area contributed by atoms with E-state index in [-0.39, 0.29) is 11.9 Å². The van der Waals surface area contributed by atoms with Gasteiger partial charge in [0.1, 0.15) is 0 Å².